The van der Waals surface area contributed by atoms with E-state index in [1.54, 1.807) is 0 Å². The number of carbonyl (C=O) groups excluding carboxylic acids is 1. The van der Waals surface area contributed by atoms with Gasteiger partial charge in [-0.1, -0.05) is 5.16 Å². The van der Waals surface area contributed by atoms with E-state index >= 15 is 0 Å². The molecule has 4 heterocycles. The van der Waals surface area contributed by atoms with Gasteiger partial charge >= 0.3 is 0 Å². The molecule has 0 radical (unpaired) electrons. The lowest BCUT2D eigenvalue weighted by Gasteiger charge is -2.37. The molecule has 3 fully saturated rings. The van der Waals surface area contributed by atoms with Crippen LogP contribution < -0.4 is 0 Å². The van der Waals surface area contributed by atoms with E-state index in [0.29, 0.717) is 23.5 Å². The van der Waals surface area contributed by atoms with Gasteiger partial charge in [0.05, 0.1) is 6.10 Å². The Hall–Kier alpha value is -1.47. The standard InChI is InChI=1S/C17H26N4O3/c1-11-18-16(24-19-11)15-9-13-10-21(8-5-14(13)23-15)17(22)12-3-6-20(2)7-4-12/h12-15H,3-10H2,1-2H3/t13-,14-,15+/m0/s1. The minimum Gasteiger partial charge on any atom is -0.365 e. The first-order chi connectivity index (χ1) is 11.6. The predicted molar refractivity (Wildman–Crippen MR) is 86.2 cm³/mol. The Balaban J connectivity index is 1.36. The quantitative estimate of drug-likeness (QED) is 0.814. The minimum absolute atomic E-state index is 0.111. The number of nitrogens with zero attached hydrogens (tertiary/aromatic N) is 4. The lowest BCUT2D eigenvalue weighted by atomic mass is 9.90. The van der Waals surface area contributed by atoms with Crippen LogP contribution in [0.1, 0.15) is 43.5 Å². The first-order valence-electron chi connectivity index (χ1n) is 9.03. The van der Waals surface area contributed by atoms with Crippen LogP contribution >= 0.6 is 0 Å². The summed E-state index contributed by atoms with van der Waals surface area (Å²) in [5.74, 6) is 2.15. The van der Waals surface area contributed by atoms with E-state index in [1.165, 1.54) is 0 Å². The van der Waals surface area contributed by atoms with Gasteiger partial charge in [0.1, 0.15) is 6.10 Å². The summed E-state index contributed by atoms with van der Waals surface area (Å²) in [6.45, 7) is 5.48. The number of hydrogen-bond acceptors (Lipinski definition) is 6. The fourth-order valence-electron chi connectivity index (χ4n) is 4.27. The van der Waals surface area contributed by atoms with Crippen LogP contribution in [0.25, 0.3) is 0 Å². The van der Waals surface area contributed by atoms with E-state index < -0.39 is 0 Å². The molecular formula is C17H26N4O3. The van der Waals surface area contributed by atoms with Crippen LogP contribution in [0.3, 0.4) is 0 Å². The molecule has 7 nitrogen and oxygen atoms in total. The Labute approximate surface area is 142 Å². The van der Waals surface area contributed by atoms with Gasteiger partial charge in [-0.3, -0.25) is 4.79 Å². The Morgan fingerprint density at radius 2 is 2.00 bits per heavy atom. The summed E-state index contributed by atoms with van der Waals surface area (Å²) in [5.41, 5.74) is 0. The smallest absolute Gasteiger partial charge is 0.255 e. The average molecular weight is 334 g/mol. The Bertz CT molecular complexity index is 596. The maximum Gasteiger partial charge on any atom is 0.255 e. The van der Waals surface area contributed by atoms with Gasteiger partial charge in [0, 0.05) is 24.9 Å². The van der Waals surface area contributed by atoms with Gasteiger partial charge in [0.15, 0.2) is 5.82 Å². The monoisotopic (exact) mass is 334 g/mol. The third kappa shape index (κ3) is 3.07. The fourth-order valence-corrected chi connectivity index (χ4v) is 4.27. The number of amides is 1. The zero-order valence-corrected chi connectivity index (χ0v) is 14.5. The molecule has 0 N–H and O–H groups in total. The SMILES string of the molecule is Cc1noc([C@H]2C[C@H]3CN(C(=O)C4CCN(C)CC4)CC[C@@H]3O2)n1. The molecule has 0 saturated carbocycles. The second kappa shape index (κ2) is 6.44. The van der Waals surface area contributed by atoms with Crippen LogP contribution in [0.4, 0.5) is 0 Å². The molecule has 3 aliphatic heterocycles. The van der Waals surface area contributed by atoms with Gasteiger partial charge in [-0.15, -0.1) is 0 Å². The highest BCUT2D eigenvalue weighted by atomic mass is 16.5. The zero-order valence-electron chi connectivity index (χ0n) is 14.5. The number of ether oxygens (including phenoxy) is 1. The average Bonchev–Trinajstić information content (AvgIpc) is 3.20. The van der Waals surface area contributed by atoms with Gasteiger partial charge in [0.2, 0.25) is 5.91 Å². The normalized spacial score (nSPS) is 32.1. The maximum atomic E-state index is 12.8. The summed E-state index contributed by atoms with van der Waals surface area (Å²) in [6.07, 6.45) is 3.85. The van der Waals surface area contributed by atoms with Crippen LogP contribution in [0.15, 0.2) is 4.52 Å². The molecule has 3 atom stereocenters. The number of hydrogen-bond donors (Lipinski definition) is 0. The number of aryl methyl sites for hydroxylation is 1. The van der Waals surface area contributed by atoms with Crippen molar-refractivity contribution in [3.05, 3.63) is 11.7 Å². The van der Waals surface area contributed by atoms with Crippen molar-refractivity contribution in [1.29, 1.82) is 0 Å². The summed E-state index contributed by atoms with van der Waals surface area (Å²) in [4.78, 5) is 21.5. The van der Waals surface area contributed by atoms with Crippen LogP contribution in [0.2, 0.25) is 0 Å². The lowest BCUT2D eigenvalue weighted by molar-refractivity contribution is -0.140. The largest absolute Gasteiger partial charge is 0.365 e. The molecule has 1 aromatic heterocycles. The highest BCUT2D eigenvalue weighted by Gasteiger charge is 2.43. The zero-order chi connectivity index (χ0) is 16.7. The second-order valence-electron chi connectivity index (χ2n) is 7.49. The summed E-state index contributed by atoms with van der Waals surface area (Å²) in [6, 6.07) is 0. The first-order valence-corrected chi connectivity index (χ1v) is 9.03. The Kier molecular flexibility index (Phi) is 4.30. The molecule has 7 heteroatoms. The molecule has 132 valence electrons. The molecule has 0 spiro atoms. The van der Waals surface area contributed by atoms with E-state index in [0.717, 1.165) is 51.9 Å². The molecule has 0 bridgehead atoms. The van der Waals surface area contributed by atoms with Crippen LogP contribution in [0.5, 0.6) is 0 Å². The number of piperidine rings is 2. The lowest BCUT2D eigenvalue weighted by Crippen LogP contribution is -2.48. The Morgan fingerprint density at radius 1 is 1.21 bits per heavy atom. The highest BCUT2D eigenvalue weighted by Crippen LogP contribution is 2.40. The molecule has 3 saturated heterocycles. The third-order valence-corrected chi connectivity index (χ3v) is 5.72. The van der Waals surface area contributed by atoms with Crippen molar-refractivity contribution in [1.82, 2.24) is 19.9 Å². The Morgan fingerprint density at radius 3 is 2.71 bits per heavy atom. The molecular weight excluding hydrogens is 308 g/mol. The molecule has 3 aliphatic rings. The van der Waals surface area contributed by atoms with Crippen LogP contribution in [-0.4, -0.2) is 65.2 Å². The number of rotatable bonds is 2. The van der Waals surface area contributed by atoms with Crippen molar-refractivity contribution in [3.63, 3.8) is 0 Å². The van der Waals surface area contributed by atoms with Gasteiger partial charge in [-0.05, 0) is 52.7 Å². The van der Waals surface area contributed by atoms with Crippen molar-refractivity contribution >= 4 is 5.91 Å². The van der Waals surface area contributed by atoms with E-state index in [9.17, 15) is 4.79 Å². The van der Waals surface area contributed by atoms with Crippen molar-refractivity contribution in [2.24, 2.45) is 11.8 Å². The third-order valence-electron chi connectivity index (χ3n) is 5.72. The molecule has 0 aliphatic carbocycles. The topological polar surface area (TPSA) is 71.7 Å². The fraction of sp³-hybridized carbons (Fsp3) is 0.824. The van der Waals surface area contributed by atoms with E-state index in [2.05, 4.69) is 27.0 Å². The summed E-state index contributed by atoms with van der Waals surface area (Å²) >= 11 is 0. The first kappa shape index (κ1) is 16.0. The van der Waals surface area contributed by atoms with Gasteiger partial charge in [0.25, 0.3) is 5.89 Å². The summed E-state index contributed by atoms with van der Waals surface area (Å²) in [7, 11) is 2.13. The summed E-state index contributed by atoms with van der Waals surface area (Å²) in [5, 5.41) is 3.85. The highest BCUT2D eigenvalue weighted by molar-refractivity contribution is 5.79. The van der Waals surface area contributed by atoms with Gasteiger partial charge < -0.3 is 19.1 Å². The van der Waals surface area contributed by atoms with Gasteiger partial charge in [-0.25, -0.2) is 0 Å². The van der Waals surface area contributed by atoms with Crippen molar-refractivity contribution in [2.75, 3.05) is 33.2 Å². The van der Waals surface area contributed by atoms with E-state index in [4.69, 9.17) is 9.26 Å². The van der Waals surface area contributed by atoms with Gasteiger partial charge in [-0.2, -0.15) is 4.98 Å². The maximum absolute atomic E-state index is 12.8. The molecule has 24 heavy (non-hydrogen) atoms. The number of carbonyl (C=O) groups is 1. The van der Waals surface area contributed by atoms with Crippen LogP contribution in [-0.2, 0) is 9.53 Å². The number of fused-ring (bicyclic) bond motifs is 1. The van der Waals surface area contributed by atoms with E-state index in [1.807, 2.05) is 6.92 Å². The van der Waals surface area contributed by atoms with Crippen molar-refractivity contribution in [3.8, 4) is 0 Å². The second-order valence-corrected chi connectivity index (χ2v) is 7.49. The van der Waals surface area contributed by atoms with Crippen molar-refractivity contribution < 1.29 is 14.1 Å². The molecule has 1 amide bonds. The molecule has 0 unspecified atom stereocenters. The molecule has 1 aromatic rings. The molecule has 4 rings (SSSR count). The van der Waals surface area contributed by atoms with E-state index in [-0.39, 0.29) is 18.1 Å². The minimum atomic E-state index is -0.111. The molecule has 0 aromatic carbocycles. The number of likely N-dealkylation sites (tertiary alicyclic amines) is 2. The van der Waals surface area contributed by atoms with Crippen molar-refractivity contribution in [2.45, 2.75) is 44.8 Å². The predicted octanol–water partition coefficient (Wildman–Crippen LogP) is 1.40. The number of aromatic nitrogens is 2. The summed E-state index contributed by atoms with van der Waals surface area (Å²) < 4.78 is 11.4. The van der Waals surface area contributed by atoms with Crippen LogP contribution in [0, 0.1) is 18.8 Å².